The number of rotatable bonds is 8. The predicted molar refractivity (Wildman–Crippen MR) is 80.7 cm³/mol. The summed E-state index contributed by atoms with van der Waals surface area (Å²) in [7, 11) is 0. The number of nitrogens with zero attached hydrogens (tertiary/aromatic N) is 2. The summed E-state index contributed by atoms with van der Waals surface area (Å²) in [5.41, 5.74) is 1.25. The van der Waals surface area contributed by atoms with Crippen molar-refractivity contribution < 1.29 is 4.74 Å². The van der Waals surface area contributed by atoms with E-state index in [1.807, 2.05) is 24.5 Å². The Balaban J connectivity index is 1.91. The van der Waals surface area contributed by atoms with Crippen molar-refractivity contribution in [3.63, 3.8) is 0 Å². The molecule has 108 valence electrons. The summed E-state index contributed by atoms with van der Waals surface area (Å²) in [5.74, 6) is 1.86. The van der Waals surface area contributed by atoms with Crippen molar-refractivity contribution in [1.29, 1.82) is 0 Å². The number of hydrogen-bond donors (Lipinski definition) is 1. The zero-order valence-corrected chi connectivity index (χ0v) is 12.3. The molecule has 4 heteroatoms. The predicted octanol–water partition coefficient (Wildman–Crippen LogP) is 2.98. The van der Waals surface area contributed by atoms with E-state index in [9.17, 15) is 0 Å². The summed E-state index contributed by atoms with van der Waals surface area (Å²) in [6.07, 6.45) is 4.94. The van der Waals surface area contributed by atoms with Crippen molar-refractivity contribution in [3.05, 3.63) is 48.0 Å². The summed E-state index contributed by atoms with van der Waals surface area (Å²) in [4.78, 5) is 4.31. The fourth-order valence-electron chi connectivity index (χ4n) is 2.07. The maximum absolute atomic E-state index is 5.83. The van der Waals surface area contributed by atoms with Crippen LogP contribution in [-0.4, -0.2) is 16.1 Å². The molecule has 0 fully saturated rings. The lowest BCUT2D eigenvalue weighted by Crippen LogP contribution is -2.13. The summed E-state index contributed by atoms with van der Waals surface area (Å²) >= 11 is 0. The number of nitrogens with one attached hydrogen (secondary N) is 1. The third kappa shape index (κ3) is 4.10. The molecule has 0 spiro atoms. The molecular formula is C16H23N3O. The van der Waals surface area contributed by atoms with Gasteiger partial charge in [0.25, 0.3) is 0 Å². The van der Waals surface area contributed by atoms with Gasteiger partial charge in [0.15, 0.2) is 0 Å². The Hall–Kier alpha value is -1.81. The van der Waals surface area contributed by atoms with Crippen LogP contribution in [0.5, 0.6) is 5.75 Å². The third-order valence-corrected chi connectivity index (χ3v) is 3.16. The van der Waals surface area contributed by atoms with E-state index in [0.717, 1.165) is 37.6 Å². The van der Waals surface area contributed by atoms with Gasteiger partial charge in [0.05, 0.1) is 0 Å². The van der Waals surface area contributed by atoms with Gasteiger partial charge in [-0.05, 0) is 37.6 Å². The lowest BCUT2D eigenvalue weighted by atomic mass is 10.2. The Bertz CT molecular complexity index is 522. The van der Waals surface area contributed by atoms with Crippen LogP contribution in [-0.2, 0) is 19.7 Å². The molecule has 0 amide bonds. The summed E-state index contributed by atoms with van der Waals surface area (Å²) in [6, 6.07) is 8.22. The highest BCUT2D eigenvalue weighted by atomic mass is 16.5. The van der Waals surface area contributed by atoms with Gasteiger partial charge >= 0.3 is 0 Å². The maximum Gasteiger partial charge on any atom is 0.146 e. The fraction of sp³-hybridized carbons (Fsp3) is 0.438. The molecule has 0 radical (unpaired) electrons. The average Bonchev–Trinajstić information content (AvgIpc) is 2.93. The van der Waals surface area contributed by atoms with Crippen LogP contribution in [0.1, 0.15) is 31.7 Å². The van der Waals surface area contributed by atoms with Gasteiger partial charge in [0.2, 0.25) is 0 Å². The van der Waals surface area contributed by atoms with Crippen LogP contribution in [0.25, 0.3) is 0 Å². The van der Waals surface area contributed by atoms with Crippen LogP contribution in [0.15, 0.2) is 36.7 Å². The van der Waals surface area contributed by atoms with Crippen molar-refractivity contribution in [1.82, 2.24) is 14.9 Å². The smallest absolute Gasteiger partial charge is 0.146 e. The second-order valence-electron chi connectivity index (χ2n) is 4.74. The summed E-state index contributed by atoms with van der Waals surface area (Å²) in [5, 5.41) is 3.39. The van der Waals surface area contributed by atoms with E-state index in [4.69, 9.17) is 4.74 Å². The minimum absolute atomic E-state index is 0.507. The maximum atomic E-state index is 5.83. The van der Waals surface area contributed by atoms with E-state index in [2.05, 4.69) is 40.8 Å². The van der Waals surface area contributed by atoms with E-state index in [0.29, 0.717) is 6.61 Å². The van der Waals surface area contributed by atoms with Crippen molar-refractivity contribution in [2.24, 2.45) is 0 Å². The molecule has 2 aromatic rings. The number of benzene rings is 1. The monoisotopic (exact) mass is 273 g/mol. The first kappa shape index (κ1) is 14.6. The Morgan fingerprint density at radius 3 is 3.00 bits per heavy atom. The van der Waals surface area contributed by atoms with Gasteiger partial charge in [-0.15, -0.1) is 0 Å². The quantitative estimate of drug-likeness (QED) is 0.752. The number of aromatic nitrogens is 2. The summed E-state index contributed by atoms with van der Waals surface area (Å²) in [6.45, 7) is 7.62. The lowest BCUT2D eigenvalue weighted by molar-refractivity contribution is 0.289. The molecule has 2 rings (SSSR count). The van der Waals surface area contributed by atoms with Crippen LogP contribution in [0.4, 0.5) is 0 Å². The normalized spacial score (nSPS) is 10.7. The molecule has 0 aliphatic rings. The van der Waals surface area contributed by atoms with Crippen LogP contribution in [0, 0.1) is 0 Å². The van der Waals surface area contributed by atoms with E-state index in [1.165, 1.54) is 5.56 Å². The minimum Gasteiger partial charge on any atom is -0.486 e. The molecule has 0 unspecified atom stereocenters. The Morgan fingerprint density at radius 2 is 2.20 bits per heavy atom. The Labute approximate surface area is 120 Å². The standard InChI is InChI=1S/C16H23N3O/c1-3-8-17-12-14-6-5-7-15(11-14)20-13-16-18-9-10-19(16)4-2/h5-7,9-11,17H,3-4,8,12-13H2,1-2H3. The van der Waals surface area contributed by atoms with Crippen LogP contribution >= 0.6 is 0 Å². The Kier molecular flexibility index (Phi) is 5.62. The highest BCUT2D eigenvalue weighted by Crippen LogP contribution is 2.15. The minimum atomic E-state index is 0.507. The first-order chi connectivity index (χ1) is 9.83. The molecule has 0 aliphatic carbocycles. The molecule has 1 N–H and O–H groups in total. The number of hydrogen-bond acceptors (Lipinski definition) is 3. The highest BCUT2D eigenvalue weighted by molar-refractivity contribution is 5.28. The Morgan fingerprint density at radius 1 is 1.30 bits per heavy atom. The van der Waals surface area contributed by atoms with E-state index >= 15 is 0 Å². The average molecular weight is 273 g/mol. The SMILES string of the molecule is CCCNCc1cccc(OCc2nccn2CC)c1. The first-order valence-electron chi connectivity index (χ1n) is 7.26. The van der Waals surface area contributed by atoms with Crippen molar-refractivity contribution >= 4 is 0 Å². The fourth-order valence-corrected chi connectivity index (χ4v) is 2.07. The lowest BCUT2D eigenvalue weighted by Gasteiger charge is -2.09. The van der Waals surface area contributed by atoms with Crippen molar-refractivity contribution in [2.45, 2.75) is 40.0 Å². The van der Waals surface area contributed by atoms with Crippen LogP contribution < -0.4 is 10.1 Å². The topological polar surface area (TPSA) is 39.1 Å². The molecule has 0 saturated carbocycles. The van der Waals surface area contributed by atoms with Gasteiger partial charge in [0, 0.05) is 25.5 Å². The largest absolute Gasteiger partial charge is 0.486 e. The van der Waals surface area contributed by atoms with E-state index < -0.39 is 0 Å². The molecule has 0 aliphatic heterocycles. The van der Waals surface area contributed by atoms with Gasteiger partial charge in [-0.1, -0.05) is 19.1 Å². The molecule has 20 heavy (non-hydrogen) atoms. The second kappa shape index (κ2) is 7.70. The molecule has 0 bridgehead atoms. The van der Waals surface area contributed by atoms with Gasteiger partial charge in [-0.25, -0.2) is 4.98 Å². The molecule has 0 saturated heterocycles. The van der Waals surface area contributed by atoms with Gasteiger partial charge < -0.3 is 14.6 Å². The second-order valence-corrected chi connectivity index (χ2v) is 4.74. The number of aryl methyl sites for hydroxylation is 1. The molecule has 0 atom stereocenters. The van der Waals surface area contributed by atoms with E-state index in [-0.39, 0.29) is 0 Å². The molecular weight excluding hydrogens is 250 g/mol. The number of imidazole rings is 1. The van der Waals surface area contributed by atoms with Crippen LogP contribution in [0.2, 0.25) is 0 Å². The van der Waals surface area contributed by atoms with Gasteiger partial charge in [-0.3, -0.25) is 0 Å². The zero-order chi connectivity index (χ0) is 14.2. The summed E-state index contributed by atoms with van der Waals surface area (Å²) < 4.78 is 7.92. The third-order valence-electron chi connectivity index (χ3n) is 3.16. The highest BCUT2D eigenvalue weighted by Gasteiger charge is 2.03. The zero-order valence-electron chi connectivity index (χ0n) is 12.3. The molecule has 4 nitrogen and oxygen atoms in total. The number of ether oxygens (including phenoxy) is 1. The van der Waals surface area contributed by atoms with Crippen LogP contribution in [0.3, 0.4) is 0 Å². The molecule has 1 heterocycles. The van der Waals surface area contributed by atoms with Crippen molar-refractivity contribution in [3.8, 4) is 5.75 Å². The van der Waals surface area contributed by atoms with Gasteiger partial charge in [-0.2, -0.15) is 0 Å². The molecule has 1 aromatic heterocycles. The van der Waals surface area contributed by atoms with Crippen molar-refractivity contribution in [2.75, 3.05) is 6.54 Å². The molecule has 1 aromatic carbocycles. The van der Waals surface area contributed by atoms with E-state index in [1.54, 1.807) is 0 Å². The first-order valence-corrected chi connectivity index (χ1v) is 7.26. The van der Waals surface area contributed by atoms with Gasteiger partial charge in [0.1, 0.15) is 18.2 Å².